The van der Waals surface area contributed by atoms with Gasteiger partial charge >= 0.3 is 23.6 Å². The van der Waals surface area contributed by atoms with Gasteiger partial charge in [0.25, 0.3) is 0 Å². The first kappa shape index (κ1) is 19.7. The number of fused-ring (bicyclic) bond motifs is 1. The van der Waals surface area contributed by atoms with Gasteiger partial charge < -0.3 is 16.2 Å². The Morgan fingerprint density at radius 2 is 1.83 bits per heavy atom. The Labute approximate surface area is 158 Å². The van der Waals surface area contributed by atoms with Crippen LogP contribution in [0.3, 0.4) is 0 Å². The van der Waals surface area contributed by atoms with E-state index in [4.69, 9.17) is 10.8 Å². The molecule has 2 heterocycles. The summed E-state index contributed by atoms with van der Waals surface area (Å²) in [5, 5.41) is 11.7. The molecule has 4 N–H and O–H groups in total. The molecule has 3 rings (SSSR count). The van der Waals surface area contributed by atoms with Crippen LogP contribution >= 0.6 is 0 Å². The van der Waals surface area contributed by atoms with Gasteiger partial charge in [-0.3, -0.25) is 9.59 Å². The van der Waals surface area contributed by atoms with Gasteiger partial charge in [0.05, 0.1) is 24.0 Å². The number of aromatic carboxylic acids is 1. The SMILES string of the molecule is Nc1nc(=O)c2nc(CNc3ccc(C(=O)O)cc3)cnc2n1C(=O)C(F)(F)F. The van der Waals surface area contributed by atoms with E-state index in [2.05, 4.69) is 20.3 Å². The highest BCUT2D eigenvalue weighted by atomic mass is 19.4. The summed E-state index contributed by atoms with van der Waals surface area (Å²) in [5.41, 5.74) is 3.81. The van der Waals surface area contributed by atoms with E-state index in [1.54, 1.807) is 0 Å². The molecular formula is C16H11F3N6O4. The monoisotopic (exact) mass is 408 g/mol. The number of halogens is 3. The predicted octanol–water partition coefficient (Wildman–Crippen LogP) is 1.28. The first-order valence-electron chi connectivity index (χ1n) is 7.81. The highest BCUT2D eigenvalue weighted by Gasteiger charge is 2.42. The number of nitrogens with two attached hydrogens (primary N) is 1. The van der Waals surface area contributed by atoms with Gasteiger partial charge in [-0.25, -0.2) is 19.3 Å². The fourth-order valence-electron chi connectivity index (χ4n) is 2.38. The van der Waals surface area contributed by atoms with Crippen molar-refractivity contribution in [1.82, 2.24) is 19.5 Å². The van der Waals surface area contributed by atoms with Gasteiger partial charge in [0.2, 0.25) is 5.95 Å². The highest BCUT2D eigenvalue weighted by Crippen LogP contribution is 2.21. The Morgan fingerprint density at radius 1 is 1.17 bits per heavy atom. The number of carboxylic acids is 1. The lowest BCUT2D eigenvalue weighted by Crippen LogP contribution is -2.33. The van der Waals surface area contributed by atoms with Crippen LogP contribution in [0.15, 0.2) is 35.3 Å². The van der Waals surface area contributed by atoms with Crippen molar-refractivity contribution in [3.8, 4) is 0 Å². The number of anilines is 2. The maximum atomic E-state index is 12.8. The van der Waals surface area contributed by atoms with Gasteiger partial charge in [0, 0.05) is 5.69 Å². The standard InChI is InChI=1S/C16H11F3N6O4/c17-16(18,19)14(29)25-11-10(12(26)24-15(25)20)23-9(6-22-11)5-21-8-3-1-7(2-4-8)13(27)28/h1-4,6,21H,5H2,(H,27,28)(H2,20,24,26). The third kappa shape index (κ3) is 3.97. The summed E-state index contributed by atoms with van der Waals surface area (Å²) in [7, 11) is 0. The number of nitrogens with one attached hydrogen (secondary N) is 1. The van der Waals surface area contributed by atoms with Crippen LogP contribution in [0.1, 0.15) is 20.8 Å². The van der Waals surface area contributed by atoms with Gasteiger partial charge in [0.15, 0.2) is 11.2 Å². The molecule has 0 saturated heterocycles. The van der Waals surface area contributed by atoms with Crippen LogP contribution in [0.4, 0.5) is 24.8 Å². The van der Waals surface area contributed by atoms with Crippen molar-refractivity contribution in [3.05, 3.63) is 52.1 Å². The number of rotatable bonds is 4. The molecule has 13 heteroatoms. The normalized spacial score (nSPS) is 11.4. The van der Waals surface area contributed by atoms with Crippen molar-refractivity contribution in [2.45, 2.75) is 12.7 Å². The summed E-state index contributed by atoms with van der Waals surface area (Å²) in [6, 6.07) is 5.72. The lowest BCUT2D eigenvalue weighted by Gasteiger charge is -2.13. The number of carboxylic acid groups (broad SMARTS) is 1. The van der Waals surface area contributed by atoms with E-state index in [9.17, 15) is 27.6 Å². The summed E-state index contributed by atoms with van der Waals surface area (Å²) in [6.07, 6.45) is -4.19. The molecule has 2 aromatic heterocycles. The van der Waals surface area contributed by atoms with E-state index in [-0.39, 0.29) is 22.4 Å². The van der Waals surface area contributed by atoms with E-state index in [0.29, 0.717) is 5.69 Å². The molecule has 0 aliphatic carbocycles. The van der Waals surface area contributed by atoms with Crippen LogP contribution in [0.5, 0.6) is 0 Å². The minimum atomic E-state index is -5.26. The summed E-state index contributed by atoms with van der Waals surface area (Å²) >= 11 is 0. The second-order valence-corrected chi connectivity index (χ2v) is 5.68. The van der Waals surface area contributed by atoms with Gasteiger partial charge in [-0.15, -0.1) is 0 Å². The third-order valence-electron chi connectivity index (χ3n) is 3.71. The number of benzene rings is 1. The molecular weight excluding hydrogens is 397 g/mol. The van der Waals surface area contributed by atoms with Crippen LogP contribution in [0.25, 0.3) is 11.2 Å². The third-order valence-corrected chi connectivity index (χ3v) is 3.71. The number of nitrogen functional groups attached to an aromatic ring is 1. The Kier molecular flexibility index (Phi) is 4.88. The smallest absolute Gasteiger partial charge is 0.472 e. The van der Waals surface area contributed by atoms with Crippen LogP contribution in [-0.2, 0) is 6.54 Å². The summed E-state index contributed by atoms with van der Waals surface area (Å²) in [4.78, 5) is 45.2. The molecule has 0 bridgehead atoms. The van der Waals surface area contributed by atoms with Crippen LogP contribution in [-0.4, -0.2) is 42.7 Å². The molecule has 0 atom stereocenters. The average Bonchev–Trinajstić information content (AvgIpc) is 2.66. The molecule has 0 saturated carbocycles. The molecule has 0 spiro atoms. The van der Waals surface area contributed by atoms with E-state index in [0.717, 1.165) is 6.20 Å². The summed E-state index contributed by atoms with van der Waals surface area (Å²) in [6.45, 7) is 0.00634. The molecule has 10 nitrogen and oxygen atoms in total. The lowest BCUT2D eigenvalue weighted by atomic mass is 10.2. The summed E-state index contributed by atoms with van der Waals surface area (Å²) < 4.78 is 38.3. The Morgan fingerprint density at radius 3 is 2.41 bits per heavy atom. The lowest BCUT2D eigenvalue weighted by molar-refractivity contribution is -0.0942. The topological polar surface area (TPSA) is 153 Å². The zero-order valence-electron chi connectivity index (χ0n) is 14.3. The molecule has 0 fully saturated rings. The molecule has 1 aromatic carbocycles. The van der Waals surface area contributed by atoms with Crippen LogP contribution in [0.2, 0.25) is 0 Å². The molecule has 29 heavy (non-hydrogen) atoms. The average molecular weight is 408 g/mol. The largest absolute Gasteiger partial charge is 0.478 e. The van der Waals surface area contributed by atoms with Crippen LogP contribution < -0.4 is 16.6 Å². The second-order valence-electron chi connectivity index (χ2n) is 5.68. The van der Waals surface area contributed by atoms with Crippen molar-refractivity contribution in [1.29, 1.82) is 0 Å². The molecule has 0 amide bonds. The van der Waals surface area contributed by atoms with E-state index < -0.39 is 40.7 Å². The van der Waals surface area contributed by atoms with Gasteiger partial charge in [-0.2, -0.15) is 18.2 Å². The first-order chi connectivity index (χ1) is 13.6. The zero-order chi connectivity index (χ0) is 21.3. The van der Waals surface area contributed by atoms with Gasteiger partial charge in [0.1, 0.15) is 0 Å². The maximum absolute atomic E-state index is 12.8. The van der Waals surface area contributed by atoms with E-state index in [1.807, 2.05) is 0 Å². The fraction of sp³-hybridized carbons (Fsp3) is 0.125. The van der Waals surface area contributed by atoms with Crippen molar-refractivity contribution >= 4 is 34.7 Å². The Bertz CT molecular complexity index is 1170. The van der Waals surface area contributed by atoms with Crippen LogP contribution in [0, 0.1) is 0 Å². The molecule has 0 aliphatic rings. The number of nitrogens with zero attached hydrogens (tertiary/aromatic N) is 4. The van der Waals surface area contributed by atoms with Crippen molar-refractivity contribution in [2.24, 2.45) is 0 Å². The predicted molar refractivity (Wildman–Crippen MR) is 93.4 cm³/mol. The van der Waals surface area contributed by atoms with Crippen molar-refractivity contribution in [2.75, 3.05) is 11.1 Å². The molecule has 0 aliphatic heterocycles. The number of carbonyl (C=O) groups is 2. The van der Waals surface area contributed by atoms with Crippen molar-refractivity contribution < 1.29 is 27.9 Å². The highest BCUT2D eigenvalue weighted by molar-refractivity contribution is 5.93. The Hall–Kier alpha value is -4.03. The van der Waals surface area contributed by atoms with Gasteiger partial charge in [-0.1, -0.05) is 0 Å². The molecule has 0 unspecified atom stereocenters. The Balaban J connectivity index is 1.93. The maximum Gasteiger partial charge on any atom is 0.472 e. The molecule has 0 radical (unpaired) electrons. The van der Waals surface area contributed by atoms with E-state index >= 15 is 0 Å². The number of alkyl halides is 3. The number of carbonyl (C=O) groups excluding carboxylic acids is 1. The number of hydrogen-bond donors (Lipinski definition) is 3. The number of aromatic nitrogens is 4. The zero-order valence-corrected chi connectivity index (χ0v) is 14.3. The fourth-order valence-corrected chi connectivity index (χ4v) is 2.38. The minimum absolute atomic E-state index is 0.00634. The van der Waals surface area contributed by atoms with Gasteiger partial charge in [-0.05, 0) is 24.3 Å². The van der Waals surface area contributed by atoms with Crippen molar-refractivity contribution in [3.63, 3.8) is 0 Å². The second kappa shape index (κ2) is 7.18. The number of hydrogen-bond acceptors (Lipinski definition) is 8. The first-order valence-corrected chi connectivity index (χ1v) is 7.81. The summed E-state index contributed by atoms with van der Waals surface area (Å²) in [5.74, 6) is -4.40. The minimum Gasteiger partial charge on any atom is -0.478 e. The quantitative estimate of drug-likeness (QED) is 0.579. The molecule has 3 aromatic rings. The van der Waals surface area contributed by atoms with E-state index in [1.165, 1.54) is 24.3 Å². The molecule has 150 valence electrons.